The Hall–Kier alpha value is -1.06. The van der Waals surface area contributed by atoms with Crippen LogP contribution in [0.25, 0.3) is 0 Å². The van der Waals surface area contributed by atoms with Crippen LogP contribution in [0.4, 0.5) is 0 Å². The molecule has 0 spiro atoms. The van der Waals surface area contributed by atoms with Gasteiger partial charge in [-0.15, -0.1) is 0 Å². The summed E-state index contributed by atoms with van der Waals surface area (Å²) < 4.78 is 16.7. The van der Waals surface area contributed by atoms with E-state index in [4.69, 9.17) is 14.2 Å². The zero-order valence-corrected chi connectivity index (χ0v) is 13.5. The predicted molar refractivity (Wildman–Crippen MR) is 78.5 cm³/mol. The molecule has 3 N–H and O–H groups in total. The molecule has 2 heterocycles. The quantitative estimate of drug-likeness (QED) is 0.495. The summed E-state index contributed by atoms with van der Waals surface area (Å²) >= 11 is 0. The van der Waals surface area contributed by atoms with Gasteiger partial charge in [0.15, 0.2) is 6.29 Å². The van der Waals surface area contributed by atoms with E-state index in [-0.39, 0.29) is 24.9 Å². The van der Waals surface area contributed by atoms with Crippen molar-refractivity contribution in [3.63, 3.8) is 0 Å². The first-order valence-electron chi connectivity index (χ1n) is 7.85. The minimum atomic E-state index is -1.23. The number of hydrogen-bond acceptors (Lipinski definition) is 7. The van der Waals surface area contributed by atoms with Crippen LogP contribution in [-0.4, -0.2) is 71.9 Å². The van der Waals surface area contributed by atoms with Gasteiger partial charge >= 0.3 is 0 Å². The number of fused-ring (bicyclic) bond motifs is 2. The number of rotatable bonds is 8. The molecule has 0 aromatic carbocycles. The van der Waals surface area contributed by atoms with E-state index in [0.29, 0.717) is 13.0 Å². The molecule has 132 valence electrons. The fourth-order valence-electron chi connectivity index (χ4n) is 2.90. The Morgan fingerprint density at radius 2 is 2.04 bits per heavy atom. The van der Waals surface area contributed by atoms with E-state index in [2.05, 4.69) is 5.32 Å². The lowest BCUT2D eigenvalue weighted by Crippen LogP contribution is -2.66. The molecule has 2 saturated heterocycles. The van der Waals surface area contributed by atoms with Crippen molar-refractivity contribution in [2.75, 3.05) is 19.8 Å². The fraction of sp³-hybridized carbons (Fsp3) is 0.867. The van der Waals surface area contributed by atoms with Gasteiger partial charge in [0.05, 0.1) is 13.2 Å². The lowest BCUT2D eigenvalue weighted by atomic mass is 9.88. The summed E-state index contributed by atoms with van der Waals surface area (Å²) in [4.78, 5) is 22.0. The summed E-state index contributed by atoms with van der Waals surface area (Å²) in [6.45, 7) is 3.46. The van der Waals surface area contributed by atoms with Gasteiger partial charge in [-0.05, 0) is 19.8 Å². The van der Waals surface area contributed by atoms with E-state index in [0.717, 1.165) is 12.8 Å². The normalized spacial score (nSPS) is 36.0. The number of aliphatic hydroxyl groups excluding tert-OH is 2. The Kier molecular flexibility index (Phi) is 6.10. The molecule has 0 radical (unpaired) electrons. The summed E-state index contributed by atoms with van der Waals surface area (Å²) in [7, 11) is 0. The third-order valence-corrected chi connectivity index (χ3v) is 4.15. The Bertz CT molecular complexity index is 444. The molecule has 1 amide bonds. The third kappa shape index (κ3) is 4.27. The Morgan fingerprint density at radius 1 is 1.30 bits per heavy atom. The molecule has 23 heavy (non-hydrogen) atoms. The van der Waals surface area contributed by atoms with Crippen LogP contribution in [0.15, 0.2) is 0 Å². The van der Waals surface area contributed by atoms with Gasteiger partial charge in [0, 0.05) is 20.0 Å². The third-order valence-electron chi connectivity index (χ3n) is 4.15. The lowest BCUT2D eigenvalue weighted by Gasteiger charge is -2.42. The molecule has 8 nitrogen and oxygen atoms in total. The molecule has 0 saturated carbocycles. The average Bonchev–Trinajstić information content (AvgIpc) is 2.88. The van der Waals surface area contributed by atoms with Crippen molar-refractivity contribution in [2.24, 2.45) is 0 Å². The van der Waals surface area contributed by atoms with Gasteiger partial charge in [-0.1, -0.05) is 0 Å². The van der Waals surface area contributed by atoms with Crippen LogP contribution in [-0.2, 0) is 23.8 Å². The second kappa shape index (κ2) is 7.67. The monoisotopic (exact) mass is 331 g/mol. The molecular weight excluding hydrogens is 306 g/mol. The molecule has 8 heteroatoms. The molecular formula is C15H25NO7. The Labute approximate surface area is 135 Å². The second-order valence-corrected chi connectivity index (χ2v) is 6.24. The highest BCUT2D eigenvalue weighted by molar-refractivity contribution is 5.75. The molecule has 2 bridgehead atoms. The molecule has 0 aromatic heterocycles. The first kappa shape index (κ1) is 18.3. The highest BCUT2D eigenvalue weighted by atomic mass is 16.7. The summed E-state index contributed by atoms with van der Waals surface area (Å²) in [5, 5.41) is 23.1. The average molecular weight is 331 g/mol. The maximum Gasteiger partial charge on any atom is 0.217 e. The maximum atomic E-state index is 11.2. The number of unbranched alkanes of at least 4 members (excludes halogenated alkanes) is 1. The molecule has 0 aliphatic carbocycles. The maximum absolute atomic E-state index is 11.2. The summed E-state index contributed by atoms with van der Waals surface area (Å²) in [5.41, 5.74) is -1.13. The number of hydrogen-bond donors (Lipinski definition) is 3. The van der Waals surface area contributed by atoms with Gasteiger partial charge in [0.1, 0.15) is 29.6 Å². The second-order valence-electron chi connectivity index (χ2n) is 6.24. The summed E-state index contributed by atoms with van der Waals surface area (Å²) in [5.74, 6) is -0.191. The van der Waals surface area contributed by atoms with E-state index in [9.17, 15) is 19.8 Å². The van der Waals surface area contributed by atoms with Gasteiger partial charge in [-0.25, -0.2) is 0 Å². The van der Waals surface area contributed by atoms with Crippen LogP contribution < -0.4 is 5.32 Å². The predicted octanol–water partition coefficient (Wildman–Crippen LogP) is -0.886. The van der Waals surface area contributed by atoms with Gasteiger partial charge < -0.3 is 34.5 Å². The van der Waals surface area contributed by atoms with E-state index in [1.807, 2.05) is 0 Å². The summed E-state index contributed by atoms with van der Waals surface area (Å²) in [6, 6.07) is -0.811. The number of amides is 1. The minimum absolute atomic E-state index is 0.0780. The number of carbonyl (C=O) groups excluding carboxylic acids is 2. The molecule has 2 fully saturated rings. The molecule has 0 unspecified atom stereocenters. The number of carbonyl (C=O) groups is 2. The van der Waals surface area contributed by atoms with Crippen molar-refractivity contribution in [1.82, 2.24) is 5.32 Å². The van der Waals surface area contributed by atoms with E-state index >= 15 is 0 Å². The standard InChI is InChI=1S/C15H25NO7/c1-9(17)5-3-4-6-21-7-15-8-22-14(23-15)11(16-10(2)18)12(19)13(15)20/h11-14,19-20H,3-8H2,1-2H3,(H,16,18)/t11-,12-,13-,14-,15+/m1/s1. The van der Waals surface area contributed by atoms with E-state index in [1.165, 1.54) is 6.92 Å². The number of ether oxygens (including phenoxy) is 3. The SMILES string of the molecule is CC(=O)CCCCOC[C@@]12CO[C@H](O1)[C@H](NC(C)=O)[C@@H](O)[C@H]2O. The van der Waals surface area contributed by atoms with Gasteiger partial charge in [0.2, 0.25) is 5.91 Å². The van der Waals surface area contributed by atoms with E-state index in [1.54, 1.807) is 6.92 Å². The molecule has 5 atom stereocenters. The van der Waals surface area contributed by atoms with Crippen LogP contribution in [0.3, 0.4) is 0 Å². The van der Waals surface area contributed by atoms with Gasteiger partial charge in [0.25, 0.3) is 0 Å². The van der Waals surface area contributed by atoms with Crippen molar-refractivity contribution in [1.29, 1.82) is 0 Å². The summed E-state index contributed by atoms with van der Waals surface area (Å²) in [6.07, 6.45) is -1.23. The number of Topliss-reactive ketones (excluding diaryl/α,β-unsaturated/α-hetero) is 1. The number of nitrogens with one attached hydrogen (secondary N) is 1. The van der Waals surface area contributed by atoms with Gasteiger partial charge in [-0.2, -0.15) is 0 Å². The Balaban J connectivity index is 1.83. The van der Waals surface area contributed by atoms with Crippen molar-refractivity contribution in [2.45, 2.75) is 63.3 Å². The van der Waals surface area contributed by atoms with Crippen molar-refractivity contribution < 1.29 is 34.0 Å². The fourth-order valence-corrected chi connectivity index (χ4v) is 2.90. The lowest BCUT2D eigenvalue weighted by molar-refractivity contribution is -0.237. The van der Waals surface area contributed by atoms with Crippen LogP contribution in [0.5, 0.6) is 0 Å². The van der Waals surface area contributed by atoms with Gasteiger partial charge in [-0.3, -0.25) is 4.79 Å². The van der Waals surface area contributed by atoms with Crippen molar-refractivity contribution >= 4 is 11.7 Å². The van der Waals surface area contributed by atoms with Crippen LogP contribution >= 0.6 is 0 Å². The van der Waals surface area contributed by atoms with E-state index < -0.39 is 30.1 Å². The number of ketones is 1. The molecule has 2 rings (SSSR count). The highest BCUT2D eigenvalue weighted by Gasteiger charge is 2.59. The molecule has 2 aliphatic heterocycles. The minimum Gasteiger partial charge on any atom is -0.388 e. The van der Waals surface area contributed by atoms with Crippen LogP contribution in [0.2, 0.25) is 0 Å². The van der Waals surface area contributed by atoms with Crippen LogP contribution in [0.1, 0.15) is 33.1 Å². The van der Waals surface area contributed by atoms with Crippen molar-refractivity contribution in [3.05, 3.63) is 0 Å². The molecule has 2 aliphatic rings. The Morgan fingerprint density at radius 3 is 2.70 bits per heavy atom. The highest BCUT2D eigenvalue weighted by Crippen LogP contribution is 2.37. The van der Waals surface area contributed by atoms with Crippen LogP contribution in [0, 0.1) is 0 Å². The zero-order valence-electron chi connectivity index (χ0n) is 13.5. The first-order valence-corrected chi connectivity index (χ1v) is 7.85. The smallest absolute Gasteiger partial charge is 0.217 e. The first-order chi connectivity index (χ1) is 10.9. The largest absolute Gasteiger partial charge is 0.388 e. The number of aliphatic hydroxyl groups is 2. The zero-order chi connectivity index (χ0) is 17.0. The van der Waals surface area contributed by atoms with Crippen molar-refractivity contribution in [3.8, 4) is 0 Å². The molecule has 0 aromatic rings. The topological polar surface area (TPSA) is 114 Å².